The number of benzene rings is 1. The minimum absolute atomic E-state index is 0. The van der Waals surface area contributed by atoms with Crippen molar-refractivity contribution in [1.82, 2.24) is 20.2 Å². The summed E-state index contributed by atoms with van der Waals surface area (Å²) in [6.45, 7) is 6.21. The summed E-state index contributed by atoms with van der Waals surface area (Å²) in [5, 5.41) is 3.65. The monoisotopic (exact) mass is 515 g/mol. The molecule has 3 aliphatic rings. The number of fused-ring (bicyclic) bond motifs is 1. The van der Waals surface area contributed by atoms with Gasteiger partial charge in [-0.2, -0.15) is 0 Å². The van der Waals surface area contributed by atoms with Crippen molar-refractivity contribution in [2.75, 3.05) is 44.2 Å². The number of aromatic nitrogens is 2. The maximum absolute atomic E-state index is 14.5. The predicted octanol–water partition coefficient (Wildman–Crippen LogP) is 3.81. The average molecular weight is 517 g/mol. The third kappa shape index (κ3) is 4.92. The number of hydrogen-bond donors (Lipinski definition) is 1. The standard InChI is InChI=1S/C23H27ClFN5O.2ClH/c1-14-2-5-20-21(14)22(28-13-27-20)29-6-8-30(9-7-29)23(31)18-12-26-11-17(18)16-4-3-15(24)10-19(16)25;;/h3-4,10,13-14,17-18,26H,2,5-9,11-12H2,1H3;2*1H/t14?,17-,18+;;/m1../s1. The van der Waals surface area contributed by atoms with Crippen LogP contribution in [0.4, 0.5) is 10.2 Å². The molecule has 2 aliphatic heterocycles. The zero-order valence-electron chi connectivity index (χ0n) is 18.5. The van der Waals surface area contributed by atoms with Crippen LogP contribution in [0.1, 0.15) is 42.0 Å². The lowest BCUT2D eigenvalue weighted by Gasteiger charge is -2.38. The predicted molar refractivity (Wildman–Crippen MR) is 133 cm³/mol. The van der Waals surface area contributed by atoms with E-state index in [9.17, 15) is 9.18 Å². The second kappa shape index (κ2) is 10.7. The van der Waals surface area contributed by atoms with Gasteiger partial charge < -0.3 is 15.1 Å². The Morgan fingerprint density at radius 3 is 2.64 bits per heavy atom. The summed E-state index contributed by atoms with van der Waals surface area (Å²) < 4.78 is 14.5. The lowest BCUT2D eigenvalue weighted by molar-refractivity contribution is -0.135. The summed E-state index contributed by atoms with van der Waals surface area (Å²) in [6.07, 6.45) is 3.80. The van der Waals surface area contributed by atoms with E-state index in [-0.39, 0.29) is 48.4 Å². The number of carbonyl (C=O) groups is 1. The van der Waals surface area contributed by atoms with Crippen molar-refractivity contribution in [2.45, 2.75) is 31.6 Å². The topological polar surface area (TPSA) is 61.4 Å². The fraction of sp³-hybridized carbons (Fsp3) is 0.522. The normalized spacial score (nSPS) is 24.2. The molecule has 0 bridgehead atoms. The molecule has 1 aliphatic carbocycles. The molecule has 2 saturated heterocycles. The van der Waals surface area contributed by atoms with Crippen LogP contribution in [0.5, 0.6) is 0 Å². The van der Waals surface area contributed by atoms with Gasteiger partial charge in [0, 0.05) is 61.5 Å². The smallest absolute Gasteiger partial charge is 0.227 e. The van der Waals surface area contributed by atoms with Crippen LogP contribution in [0.25, 0.3) is 0 Å². The van der Waals surface area contributed by atoms with Crippen LogP contribution in [-0.2, 0) is 11.2 Å². The number of carbonyl (C=O) groups excluding carboxylic acids is 1. The van der Waals surface area contributed by atoms with E-state index < -0.39 is 0 Å². The van der Waals surface area contributed by atoms with Gasteiger partial charge in [0.2, 0.25) is 5.91 Å². The molecule has 3 heterocycles. The van der Waals surface area contributed by atoms with E-state index in [1.165, 1.54) is 17.3 Å². The van der Waals surface area contributed by atoms with Crippen LogP contribution >= 0.6 is 36.4 Å². The van der Waals surface area contributed by atoms with Crippen LogP contribution in [0.2, 0.25) is 5.02 Å². The molecule has 2 fully saturated rings. The van der Waals surface area contributed by atoms with Gasteiger partial charge in [-0.1, -0.05) is 24.6 Å². The third-order valence-corrected chi connectivity index (χ3v) is 7.27. The van der Waals surface area contributed by atoms with Gasteiger partial charge in [0.05, 0.1) is 5.92 Å². The van der Waals surface area contributed by atoms with Crippen molar-refractivity contribution >= 4 is 48.1 Å². The molecule has 1 unspecified atom stereocenters. The molecular formula is C23H29Cl3FN5O. The van der Waals surface area contributed by atoms with Gasteiger partial charge >= 0.3 is 0 Å². The highest BCUT2D eigenvalue weighted by Crippen LogP contribution is 2.37. The van der Waals surface area contributed by atoms with E-state index in [1.807, 2.05) is 4.90 Å². The van der Waals surface area contributed by atoms with E-state index in [1.54, 1.807) is 18.5 Å². The summed E-state index contributed by atoms with van der Waals surface area (Å²) in [5.74, 6) is 0.844. The number of piperazine rings is 1. The van der Waals surface area contributed by atoms with E-state index >= 15 is 0 Å². The molecule has 0 spiro atoms. The lowest BCUT2D eigenvalue weighted by atomic mass is 9.87. The lowest BCUT2D eigenvalue weighted by Crippen LogP contribution is -2.51. The van der Waals surface area contributed by atoms with Gasteiger partial charge in [-0.05, 0) is 36.5 Å². The number of amides is 1. The molecule has 5 rings (SSSR count). The fourth-order valence-electron chi connectivity index (χ4n) is 5.32. The summed E-state index contributed by atoms with van der Waals surface area (Å²) >= 11 is 5.91. The maximum atomic E-state index is 14.5. The maximum Gasteiger partial charge on any atom is 0.227 e. The number of halogens is 4. The zero-order valence-corrected chi connectivity index (χ0v) is 20.9. The molecule has 180 valence electrons. The Morgan fingerprint density at radius 1 is 1.15 bits per heavy atom. The van der Waals surface area contributed by atoms with Crippen LogP contribution < -0.4 is 10.2 Å². The highest BCUT2D eigenvalue weighted by molar-refractivity contribution is 6.30. The molecule has 1 amide bonds. The quantitative estimate of drug-likeness (QED) is 0.672. The SMILES string of the molecule is CC1CCc2ncnc(N3CCN(C(=O)[C@H]4CNC[C@@H]4c4ccc(Cl)cc4F)CC3)c21.Cl.Cl. The van der Waals surface area contributed by atoms with Crippen LogP contribution in [0.15, 0.2) is 24.5 Å². The first kappa shape index (κ1) is 25.9. The minimum Gasteiger partial charge on any atom is -0.353 e. The first-order valence-electron chi connectivity index (χ1n) is 11.1. The second-order valence-electron chi connectivity index (χ2n) is 8.85. The molecule has 33 heavy (non-hydrogen) atoms. The minimum atomic E-state index is -0.337. The van der Waals surface area contributed by atoms with Crippen molar-refractivity contribution in [3.05, 3.63) is 52.2 Å². The largest absolute Gasteiger partial charge is 0.353 e. The number of rotatable bonds is 3. The van der Waals surface area contributed by atoms with Crippen LogP contribution in [-0.4, -0.2) is 60.0 Å². The van der Waals surface area contributed by atoms with Crippen molar-refractivity contribution in [2.24, 2.45) is 5.92 Å². The van der Waals surface area contributed by atoms with Gasteiger partial charge in [0.15, 0.2) is 0 Å². The zero-order chi connectivity index (χ0) is 21.5. The van der Waals surface area contributed by atoms with E-state index in [0.717, 1.165) is 31.7 Å². The van der Waals surface area contributed by atoms with E-state index in [0.29, 0.717) is 42.7 Å². The Balaban J connectivity index is 0.00000153. The Bertz CT molecular complexity index is 1000. The van der Waals surface area contributed by atoms with Crippen molar-refractivity contribution in [3.8, 4) is 0 Å². The highest BCUT2D eigenvalue weighted by Gasteiger charge is 2.39. The molecule has 6 nitrogen and oxygen atoms in total. The molecule has 2 aromatic rings. The first-order chi connectivity index (χ1) is 15.0. The Kier molecular flexibility index (Phi) is 8.43. The van der Waals surface area contributed by atoms with Crippen molar-refractivity contribution in [3.63, 3.8) is 0 Å². The van der Waals surface area contributed by atoms with E-state index in [4.69, 9.17) is 11.6 Å². The Labute approximate surface area is 211 Å². The van der Waals surface area contributed by atoms with Gasteiger partial charge in [-0.3, -0.25) is 4.79 Å². The van der Waals surface area contributed by atoms with Crippen molar-refractivity contribution in [1.29, 1.82) is 0 Å². The third-order valence-electron chi connectivity index (χ3n) is 7.04. The van der Waals surface area contributed by atoms with Gasteiger partial charge in [-0.15, -0.1) is 24.8 Å². The molecule has 3 atom stereocenters. The summed E-state index contributed by atoms with van der Waals surface area (Å²) in [4.78, 5) is 26.6. The number of nitrogens with one attached hydrogen (secondary N) is 1. The second-order valence-corrected chi connectivity index (χ2v) is 9.28. The molecular weight excluding hydrogens is 488 g/mol. The van der Waals surface area contributed by atoms with E-state index in [2.05, 4.69) is 27.1 Å². The Morgan fingerprint density at radius 2 is 1.91 bits per heavy atom. The molecule has 0 radical (unpaired) electrons. The summed E-state index contributed by atoms with van der Waals surface area (Å²) in [5.41, 5.74) is 3.01. The average Bonchev–Trinajstić information content (AvgIpc) is 3.41. The van der Waals surface area contributed by atoms with Gasteiger partial charge in [-0.25, -0.2) is 14.4 Å². The van der Waals surface area contributed by atoms with Gasteiger partial charge in [0.1, 0.15) is 18.0 Å². The fourth-order valence-corrected chi connectivity index (χ4v) is 5.47. The number of hydrogen-bond acceptors (Lipinski definition) is 5. The summed E-state index contributed by atoms with van der Waals surface area (Å²) in [6, 6.07) is 4.74. The number of nitrogens with zero attached hydrogens (tertiary/aromatic N) is 4. The molecule has 1 aromatic heterocycles. The molecule has 1 N–H and O–H groups in total. The van der Waals surface area contributed by atoms with Crippen molar-refractivity contribution < 1.29 is 9.18 Å². The van der Waals surface area contributed by atoms with Crippen LogP contribution in [0, 0.1) is 11.7 Å². The Hall–Kier alpha value is -1.67. The number of anilines is 1. The van der Waals surface area contributed by atoms with Gasteiger partial charge in [0.25, 0.3) is 0 Å². The molecule has 0 saturated carbocycles. The molecule has 1 aromatic carbocycles. The summed E-state index contributed by atoms with van der Waals surface area (Å²) in [7, 11) is 0. The van der Waals surface area contributed by atoms with Crippen LogP contribution in [0.3, 0.4) is 0 Å². The highest BCUT2D eigenvalue weighted by atomic mass is 35.5. The molecule has 10 heteroatoms. The number of aryl methyl sites for hydroxylation is 1. The first-order valence-corrected chi connectivity index (χ1v) is 11.4.